The zero-order valence-electron chi connectivity index (χ0n) is 36.7. The standard InChI is InChI=1S/C44H70N4O10/c1-12-35(56-42-39(51)34(46(9)10)25-28(5)55-42)29(6)38(50)31(8)41(52)57-36(13-2)44(14-3)40(30(7)37(49)27(4)21-24-54-11)48(43(53)58-44)23-18-17-22-47-26-45-32-19-15-16-20-33(32)47/h15-16,19-20,26-31,34-36,39-40,42,51H,12-14,17-18,21-25H2,1-11H3/t27-,28-,29-,30+,31-,34?,35+,36?,39-,40?,42+,44-/m1/s1. The molecule has 0 spiro atoms. The number of ketones is 2. The molecule has 14 nitrogen and oxygen atoms in total. The number of hydrogen-bond acceptors (Lipinski definition) is 12. The van der Waals surface area contributed by atoms with Gasteiger partial charge in [-0.3, -0.25) is 14.4 Å². The maximum absolute atomic E-state index is 14.1. The Morgan fingerprint density at radius 2 is 1.72 bits per heavy atom. The third-order valence-corrected chi connectivity index (χ3v) is 12.6. The molecule has 1 aromatic carbocycles. The van der Waals surface area contributed by atoms with E-state index in [0.29, 0.717) is 45.4 Å². The van der Waals surface area contributed by atoms with E-state index >= 15 is 0 Å². The minimum absolute atomic E-state index is 0.0319. The lowest BCUT2D eigenvalue weighted by atomic mass is 9.74. The van der Waals surface area contributed by atoms with Crippen LogP contribution >= 0.6 is 0 Å². The Balaban J connectivity index is 1.53. The van der Waals surface area contributed by atoms with Gasteiger partial charge in [-0.1, -0.05) is 53.7 Å². The number of unbranched alkanes of at least 4 members (excludes halogenated alkanes) is 1. The molecule has 2 saturated heterocycles. The number of aliphatic hydroxyl groups is 1. The Morgan fingerprint density at radius 1 is 1.03 bits per heavy atom. The van der Waals surface area contributed by atoms with Crippen molar-refractivity contribution in [3.8, 4) is 0 Å². The number of fused-ring (bicyclic) bond motifs is 1. The highest BCUT2D eigenvalue weighted by Gasteiger charge is 2.61. The van der Waals surface area contributed by atoms with E-state index in [9.17, 15) is 24.3 Å². The molecule has 2 aromatic rings. The first-order valence-electron chi connectivity index (χ1n) is 21.4. The van der Waals surface area contributed by atoms with Crippen LogP contribution in [0.4, 0.5) is 4.79 Å². The smallest absolute Gasteiger partial charge is 0.410 e. The van der Waals surface area contributed by atoms with E-state index in [1.54, 1.807) is 18.9 Å². The van der Waals surface area contributed by atoms with Gasteiger partial charge in [0.15, 0.2) is 17.7 Å². The number of carbonyl (C=O) groups excluding carboxylic acids is 4. The topological polar surface area (TPSA) is 159 Å². The minimum Gasteiger partial charge on any atom is -0.457 e. The predicted octanol–water partition coefficient (Wildman–Crippen LogP) is 6.05. The van der Waals surface area contributed by atoms with Gasteiger partial charge < -0.3 is 43.2 Å². The van der Waals surface area contributed by atoms with Crippen LogP contribution in [0.25, 0.3) is 11.0 Å². The number of cyclic esters (lactones) is 1. The van der Waals surface area contributed by atoms with Gasteiger partial charge >= 0.3 is 12.1 Å². The summed E-state index contributed by atoms with van der Waals surface area (Å²) in [6.07, 6.45) is 1.22. The summed E-state index contributed by atoms with van der Waals surface area (Å²) < 4.78 is 32.1. The number of aliphatic hydroxyl groups excluding tert-OH is 1. The van der Waals surface area contributed by atoms with Gasteiger partial charge in [0.1, 0.15) is 23.9 Å². The molecule has 3 unspecified atom stereocenters. The number of rotatable bonds is 23. The van der Waals surface area contributed by atoms with Crippen molar-refractivity contribution in [3.63, 3.8) is 0 Å². The minimum atomic E-state index is -1.35. The Kier molecular flexibility index (Phi) is 17.3. The Bertz CT molecular complexity index is 1670. The SMILES string of the molecule is CCC(OC(=O)[C@H](C)C(=O)[C@H](C)[C@H](CC)O[C@@H]1O[C@H](C)CC(N(C)C)[C@H]1O)[C@@]1(CC)OC(=O)N(CCCCn2cnc3ccccc32)C1[C@@H](C)C(=O)[C@H](C)CCOC. The largest absolute Gasteiger partial charge is 0.457 e. The van der Waals surface area contributed by atoms with Crippen molar-refractivity contribution in [2.75, 3.05) is 34.4 Å². The van der Waals surface area contributed by atoms with Crippen molar-refractivity contribution in [3.05, 3.63) is 30.6 Å². The molecule has 2 fully saturated rings. The number of aryl methyl sites for hydroxylation is 1. The highest BCUT2D eigenvalue weighted by Crippen LogP contribution is 2.43. The van der Waals surface area contributed by atoms with Crippen LogP contribution in [0.5, 0.6) is 0 Å². The summed E-state index contributed by atoms with van der Waals surface area (Å²) in [5.74, 6) is -4.03. The van der Waals surface area contributed by atoms with E-state index in [4.69, 9.17) is 23.7 Å². The van der Waals surface area contributed by atoms with Crippen molar-refractivity contribution in [1.82, 2.24) is 19.4 Å². The number of ether oxygens (including phenoxy) is 5. The lowest BCUT2D eigenvalue weighted by Crippen LogP contribution is -2.59. The summed E-state index contributed by atoms with van der Waals surface area (Å²) in [6, 6.07) is 7.02. The average molecular weight is 815 g/mol. The molecule has 3 heterocycles. The fourth-order valence-corrected chi connectivity index (χ4v) is 9.00. The first-order chi connectivity index (χ1) is 27.6. The summed E-state index contributed by atoms with van der Waals surface area (Å²) in [7, 11) is 5.39. The summed E-state index contributed by atoms with van der Waals surface area (Å²) in [5.41, 5.74) is 0.599. The number of nitrogens with zero attached hydrogens (tertiary/aromatic N) is 4. The van der Waals surface area contributed by atoms with Crippen molar-refractivity contribution >= 4 is 34.7 Å². The number of carbonyl (C=O) groups is 4. The van der Waals surface area contributed by atoms with Gasteiger partial charge in [-0.15, -0.1) is 0 Å². The van der Waals surface area contributed by atoms with Crippen LogP contribution in [-0.4, -0.2) is 131 Å². The number of Topliss-reactive ketones (excluding diaryl/α,β-unsaturated/α-hetero) is 2. The maximum atomic E-state index is 14.1. The quantitative estimate of drug-likeness (QED) is 0.0788. The predicted molar refractivity (Wildman–Crippen MR) is 220 cm³/mol. The van der Waals surface area contributed by atoms with Crippen LogP contribution in [0.15, 0.2) is 30.6 Å². The van der Waals surface area contributed by atoms with Crippen LogP contribution in [0.2, 0.25) is 0 Å². The molecule has 0 saturated carbocycles. The first-order valence-corrected chi connectivity index (χ1v) is 21.4. The highest BCUT2D eigenvalue weighted by atomic mass is 16.7. The van der Waals surface area contributed by atoms with Crippen LogP contribution in [0, 0.1) is 23.7 Å². The summed E-state index contributed by atoms with van der Waals surface area (Å²) in [5, 5.41) is 11.1. The molecule has 0 radical (unpaired) electrons. The lowest BCUT2D eigenvalue weighted by Gasteiger charge is -2.43. The molecule has 1 N–H and O–H groups in total. The number of para-hydroxylation sites is 2. The number of aromatic nitrogens is 2. The first kappa shape index (κ1) is 47.3. The molecule has 1 amide bonds. The van der Waals surface area contributed by atoms with Gasteiger partial charge in [-0.05, 0) is 85.0 Å². The summed E-state index contributed by atoms with van der Waals surface area (Å²) in [4.78, 5) is 64.1. The molecule has 58 heavy (non-hydrogen) atoms. The van der Waals surface area contributed by atoms with Gasteiger partial charge in [0.25, 0.3) is 0 Å². The fraction of sp³-hybridized carbons (Fsp3) is 0.750. The molecule has 4 rings (SSSR count). The van der Waals surface area contributed by atoms with Crippen LogP contribution in [0.1, 0.15) is 100 Å². The number of imidazole rings is 1. The molecule has 2 aliphatic rings. The van der Waals surface area contributed by atoms with Crippen LogP contribution in [0.3, 0.4) is 0 Å². The molecular formula is C44H70N4O10. The van der Waals surface area contributed by atoms with E-state index in [1.807, 2.05) is 91.1 Å². The van der Waals surface area contributed by atoms with Crippen LogP contribution < -0.4 is 0 Å². The van der Waals surface area contributed by atoms with Crippen molar-refractivity contribution in [2.24, 2.45) is 23.7 Å². The zero-order chi connectivity index (χ0) is 42.9. The highest BCUT2D eigenvalue weighted by molar-refractivity contribution is 6.00. The lowest BCUT2D eigenvalue weighted by molar-refractivity contribution is -0.272. The Hall–Kier alpha value is -3.43. The van der Waals surface area contributed by atoms with Gasteiger partial charge in [-0.25, -0.2) is 9.78 Å². The molecule has 12 atom stereocenters. The van der Waals surface area contributed by atoms with E-state index in [0.717, 1.165) is 17.5 Å². The average Bonchev–Trinajstić information content (AvgIpc) is 3.76. The third-order valence-electron chi connectivity index (χ3n) is 12.6. The number of esters is 1. The molecule has 14 heteroatoms. The number of benzene rings is 1. The second-order valence-corrected chi connectivity index (χ2v) is 16.7. The second kappa shape index (κ2) is 21.2. The number of amides is 1. The Morgan fingerprint density at radius 3 is 2.36 bits per heavy atom. The van der Waals surface area contributed by atoms with Crippen LogP contribution in [-0.2, 0) is 44.6 Å². The van der Waals surface area contributed by atoms with E-state index in [-0.39, 0.29) is 42.5 Å². The van der Waals surface area contributed by atoms with Crippen molar-refractivity contribution in [2.45, 2.75) is 155 Å². The normalized spacial score (nSPS) is 26.9. The molecule has 1 aromatic heterocycles. The maximum Gasteiger partial charge on any atom is 0.410 e. The zero-order valence-corrected chi connectivity index (χ0v) is 36.7. The molecule has 2 aliphatic heterocycles. The van der Waals surface area contributed by atoms with Crippen molar-refractivity contribution in [1.29, 1.82) is 0 Å². The summed E-state index contributed by atoms with van der Waals surface area (Å²) in [6.45, 7) is 15.9. The van der Waals surface area contributed by atoms with E-state index in [1.165, 1.54) is 6.92 Å². The van der Waals surface area contributed by atoms with E-state index < -0.39 is 66.1 Å². The third kappa shape index (κ3) is 10.5. The number of methoxy groups -OCH3 is 1. The fourth-order valence-electron chi connectivity index (χ4n) is 9.00. The second-order valence-electron chi connectivity index (χ2n) is 16.7. The van der Waals surface area contributed by atoms with Gasteiger partial charge in [0, 0.05) is 50.6 Å². The monoisotopic (exact) mass is 815 g/mol. The van der Waals surface area contributed by atoms with Gasteiger partial charge in [0.2, 0.25) is 0 Å². The number of likely N-dealkylation sites (N-methyl/N-ethyl adjacent to an activating group) is 1. The van der Waals surface area contributed by atoms with Crippen molar-refractivity contribution < 1.29 is 48.0 Å². The molecule has 326 valence electrons. The van der Waals surface area contributed by atoms with Gasteiger partial charge in [0.05, 0.1) is 35.6 Å². The number of hydrogen-bond donors (Lipinski definition) is 1. The van der Waals surface area contributed by atoms with E-state index in [2.05, 4.69) is 9.55 Å². The summed E-state index contributed by atoms with van der Waals surface area (Å²) >= 11 is 0. The molecular weight excluding hydrogens is 745 g/mol. The Labute approximate surface area is 345 Å². The molecule has 0 bridgehead atoms. The molecule has 0 aliphatic carbocycles. The van der Waals surface area contributed by atoms with Gasteiger partial charge in [-0.2, -0.15) is 0 Å².